The number of nitro groups is 1. The highest BCUT2D eigenvalue weighted by Crippen LogP contribution is 2.37. The lowest BCUT2D eigenvalue weighted by Gasteiger charge is -2.12. The molecule has 0 aliphatic carbocycles. The van der Waals surface area contributed by atoms with Crippen molar-refractivity contribution in [2.75, 3.05) is 6.79 Å². The Kier molecular flexibility index (Phi) is 3.79. The second kappa shape index (κ2) is 6.01. The van der Waals surface area contributed by atoms with Crippen LogP contribution in [0.15, 0.2) is 29.4 Å². The fraction of sp³-hybridized carbons (Fsp3) is 0.316. The maximum Gasteiger partial charge on any atom is 0.275 e. The summed E-state index contributed by atoms with van der Waals surface area (Å²) in [6, 6.07) is 7.74. The Bertz CT molecular complexity index is 929. The molecule has 7 nitrogen and oxygen atoms in total. The van der Waals surface area contributed by atoms with E-state index in [4.69, 9.17) is 9.47 Å². The second-order valence-electron chi connectivity index (χ2n) is 6.77. The van der Waals surface area contributed by atoms with Crippen LogP contribution in [0.4, 0.5) is 5.69 Å². The molecule has 2 aromatic carbocycles. The average molecular weight is 353 g/mol. The van der Waals surface area contributed by atoms with E-state index in [1.54, 1.807) is 13.8 Å². The molecule has 0 saturated heterocycles. The first-order chi connectivity index (χ1) is 12.4. The van der Waals surface area contributed by atoms with Crippen molar-refractivity contribution < 1.29 is 14.4 Å². The number of rotatable bonds is 2. The van der Waals surface area contributed by atoms with Gasteiger partial charge in [-0.3, -0.25) is 10.1 Å². The third kappa shape index (κ3) is 2.65. The van der Waals surface area contributed by atoms with Crippen LogP contribution >= 0.6 is 0 Å². The van der Waals surface area contributed by atoms with E-state index >= 15 is 0 Å². The molecule has 1 N–H and O–H groups in total. The van der Waals surface area contributed by atoms with Gasteiger partial charge < -0.3 is 14.9 Å². The highest BCUT2D eigenvalue weighted by molar-refractivity contribution is 6.14. The summed E-state index contributed by atoms with van der Waals surface area (Å²) in [6.07, 6.45) is 0.796. The highest BCUT2D eigenvalue weighted by Gasteiger charge is 2.25. The van der Waals surface area contributed by atoms with E-state index in [0.29, 0.717) is 16.9 Å². The van der Waals surface area contributed by atoms with Gasteiger partial charge in [0.25, 0.3) is 5.69 Å². The number of hydrogen-bond donors (Lipinski definition) is 1. The molecule has 2 aliphatic rings. The van der Waals surface area contributed by atoms with Gasteiger partial charge in [0.15, 0.2) is 11.5 Å². The van der Waals surface area contributed by atoms with Crippen molar-refractivity contribution in [3.05, 3.63) is 62.2 Å². The lowest BCUT2D eigenvalue weighted by Crippen LogP contribution is -2.22. The molecule has 2 aliphatic heterocycles. The van der Waals surface area contributed by atoms with E-state index in [0.717, 1.165) is 34.6 Å². The number of nitrogens with zero attached hydrogens (tertiary/aromatic N) is 2. The van der Waals surface area contributed by atoms with E-state index in [9.17, 15) is 10.1 Å². The topological polar surface area (TPSA) is 86.0 Å². The van der Waals surface area contributed by atoms with Gasteiger partial charge in [-0.2, -0.15) is 5.10 Å². The number of aryl methyl sites for hydroxylation is 2. The van der Waals surface area contributed by atoms with Gasteiger partial charge in [-0.1, -0.05) is 0 Å². The number of nitro benzene ring substituents is 1. The summed E-state index contributed by atoms with van der Waals surface area (Å²) in [6.45, 7) is 5.78. The molecule has 0 amide bonds. The minimum Gasteiger partial charge on any atom is -0.454 e. The predicted octanol–water partition coefficient (Wildman–Crippen LogP) is 3.23. The normalized spacial score (nSPS) is 17.8. The Balaban J connectivity index is 1.89. The van der Waals surface area contributed by atoms with E-state index in [1.807, 2.05) is 24.3 Å². The summed E-state index contributed by atoms with van der Waals surface area (Å²) in [5.74, 6) is 1.44. The maximum absolute atomic E-state index is 11.3. The van der Waals surface area contributed by atoms with Crippen molar-refractivity contribution in [1.82, 2.24) is 5.43 Å². The van der Waals surface area contributed by atoms with Gasteiger partial charge in [-0.25, -0.2) is 0 Å². The summed E-state index contributed by atoms with van der Waals surface area (Å²) in [4.78, 5) is 10.9. The lowest BCUT2D eigenvalue weighted by molar-refractivity contribution is -0.386. The quantitative estimate of drug-likeness (QED) is 0.662. The monoisotopic (exact) mass is 353 g/mol. The molecule has 7 heteroatoms. The summed E-state index contributed by atoms with van der Waals surface area (Å²) < 4.78 is 11.0. The Morgan fingerprint density at radius 2 is 1.81 bits per heavy atom. The zero-order valence-electron chi connectivity index (χ0n) is 14.8. The van der Waals surface area contributed by atoms with E-state index < -0.39 is 0 Å². The van der Waals surface area contributed by atoms with E-state index in [1.165, 1.54) is 0 Å². The Labute approximate surface area is 150 Å². The molecule has 0 fully saturated rings. The van der Waals surface area contributed by atoms with Crippen LogP contribution in [-0.2, 0) is 6.42 Å². The maximum atomic E-state index is 11.3. The molecular weight excluding hydrogens is 334 g/mol. The van der Waals surface area contributed by atoms with Crippen LogP contribution in [0.1, 0.15) is 34.7 Å². The smallest absolute Gasteiger partial charge is 0.275 e. The minimum atomic E-state index is -0.338. The number of hydrazone groups is 1. The number of ether oxygens (including phenoxy) is 2. The first-order valence-corrected chi connectivity index (χ1v) is 8.46. The molecular formula is C19H19N3O4. The van der Waals surface area contributed by atoms with E-state index in [2.05, 4.69) is 17.5 Å². The molecule has 4 rings (SSSR count). The first-order valence-electron chi connectivity index (χ1n) is 8.46. The van der Waals surface area contributed by atoms with Gasteiger partial charge in [-0.05, 0) is 57.0 Å². The number of benzene rings is 2. The van der Waals surface area contributed by atoms with Crippen molar-refractivity contribution >= 4 is 11.4 Å². The van der Waals surface area contributed by atoms with Crippen LogP contribution in [0, 0.1) is 24.0 Å². The second-order valence-corrected chi connectivity index (χ2v) is 6.77. The molecule has 0 spiro atoms. The van der Waals surface area contributed by atoms with Gasteiger partial charge in [0.05, 0.1) is 10.6 Å². The summed E-state index contributed by atoms with van der Waals surface area (Å²) in [5, 5.41) is 15.9. The third-order valence-corrected chi connectivity index (χ3v) is 4.72. The molecule has 134 valence electrons. The Morgan fingerprint density at radius 1 is 1.15 bits per heavy atom. The zero-order chi connectivity index (χ0) is 18.4. The van der Waals surface area contributed by atoms with Gasteiger partial charge in [0, 0.05) is 28.3 Å². The van der Waals surface area contributed by atoms with Crippen LogP contribution in [0.2, 0.25) is 0 Å². The summed E-state index contributed by atoms with van der Waals surface area (Å²) in [5.41, 5.74) is 8.21. The average Bonchev–Trinajstić information content (AvgIpc) is 2.94. The van der Waals surface area contributed by atoms with Crippen molar-refractivity contribution in [3.63, 3.8) is 0 Å². The number of hydrogen-bond acceptors (Lipinski definition) is 6. The molecule has 0 saturated carbocycles. The Hall–Kier alpha value is -3.09. The van der Waals surface area contributed by atoms with Gasteiger partial charge in [-0.15, -0.1) is 0 Å². The van der Waals surface area contributed by atoms with E-state index in [-0.39, 0.29) is 23.4 Å². The Morgan fingerprint density at radius 3 is 2.46 bits per heavy atom. The van der Waals surface area contributed by atoms with Crippen LogP contribution in [0.25, 0.3) is 0 Å². The van der Waals surface area contributed by atoms with Crippen LogP contribution < -0.4 is 14.9 Å². The molecule has 0 bridgehead atoms. The molecule has 0 unspecified atom stereocenters. The standard InChI is InChI=1S/C19H19N3O4/c1-10-4-14(5-11(2)19(10)22(23)24)18-15-8-17-16(25-9-26-17)7-13(15)6-12(3)20-21-18/h4-5,7-8,12,20H,6,9H2,1-3H3/t12-/m1/s1. The molecule has 2 heterocycles. The molecule has 26 heavy (non-hydrogen) atoms. The third-order valence-electron chi connectivity index (χ3n) is 4.72. The molecule has 1 atom stereocenters. The summed E-state index contributed by atoms with van der Waals surface area (Å²) in [7, 11) is 0. The molecule has 0 radical (unpaired) electrons. The SMILES string of the molecule is Cc1cc(C2=NN[C@H](C)Cc3cc4c(cc32)OCO4)cc(C)c1[N+](=O)[O-]. The lowest BCUT2D eigenvalue weighted by atomic mass is 9.92. The molecule has 0 aromatic heterocycles. The largest absolute Gasteiger partial charge is 0.454 e. The fourth-order valence-electron chi connectivity index (χ4n) is 3.58. The van der Waals surface area contributed by atoms with Gasteiger partial charge >= 0.3 is 0 Å². The predicted molar refractivity (Wildman–Crippen MR) is 97.1 cm³/mol. The van der Waals surface area contributed by atoms with Crippen molar-refractivity contribution in [3.8, 4) is 11.5 Å². The highest BCUT2D eigenvalue weighted by atomic mass is 16.7. The summed E-state index contributed by atoms with van der Waals surface area (Å²) >= 11 is 0. The first kappa shape index (κ1) is 16.4. The van der Waals surface area contributed by atoms with Crippen molar-refractivity contribution in [1.29, 1.82) is 0 Å². The van der Waals surface area contributed by atoms with Crippen LogP contribution in [-0.4, -0.2) is 23.5 Å². The van der Waals surface area contributed by atoms with Crippen molar-refractivity contribution in [2.45, 2.75) is 33.2 Å². The molecule has 2 aromatic rings. The van der Waals surface area contributed by atoms with Crippen LogP contribution in [0.3, 0.4) is 0 Å². The zero-order valence-corrected chi connectivity index (χ0v) is 14.8. The van der Waals surface area contributed by atoms with Gasteiger partial charge in [0.1, 0.15) is 0 Å². The number of nitrogens with one attached hydrogen (secondary N) is 1. The number of fused-ring (bicyclic) bond motifs is 2. The fourth-order valence-corrected chi connectivity index (χ4v) is 3.58. The van der Waals surface area contributed by atoms with Crippen LogP contribution in [0.5, 0.6) is 11.5 Å². The minimum absolute atomic E-state index is 0.148. The van der Waals surface area contributed by atoms with Crippen molar-refractivity contribution in [2.24, 2.45) is 5.10 Å². The van der Waals surface area contributed by atoms with Gasteiger partial charge in [0.2, 0.25) is 6.79 Å².